The molecule has 6 nitrogen and oxygen atoms in total. The van der Waals surface area contributed by atoms with Crippen LogP contribution in [0.2, 0.25) is 0 Å². The first-order valence-electron chi connectivity index (χ1n) is 9.38. The Morgan fingerprint density at radius 3 is 2.31 bits per heavy atom. The molecular weight excluding hydrogens is 330 g/mol. The van der Waals surface area contributed by atoms with Crippen molar-refractivity contribution < 1.29 is 14.4 Å². The van der Waals surface area contributed by atoms with Gasteiger partial charge in [0.25, 0.3) is 0 Å². The van der Waals surface area contributed by atoms with Gasteiger partial charge in [-0.15, -0.1) is 0 Å². The zero-order valence-corrected chi connectivity index (χ0v) is 15.3. The Morgan fingerprint density at radius 1 is 1.08 bits per heavy atom. The van der Waals surface area contributed by atoms with Crippen LogP contribution in [0.15, 0.2) is 30.3 Å². The number of hydrogen-bond donors (Lipinski definition) is 1. The van der Waals surface area contributed by atoms with E-state index in [0.717, 1.165) is 18.4 Å². The maximum Gasteiger partial charge on any atom is 0.234 e. The van der Waals surface area contributed by atoms with Gasteiger partial charge in [0.2, 0.25) is 11.8 Å². The molecule has 26 heavy (non-hydrogen) atoms. The van der Waals surface area contributed by atoms with Crippen molar-refractivity contribution in [2.75, 3.05) is 32.7 Å². The van der Waals surface area contributed by atoms with Gasteiger partial charge in [-0.25, -0.2) is 0 Å². The van der Waals surface area contributed by atoms with E-state index in [1.807, 2.05) is 40.1 Å². The van der Waals surface area contributed by atoms with Gasteiger partial charge in [0.1, 0.15) is 0 Å². The minimum atomic E-state index is -0.498. The van der Waals surface area contributed by atoms with E-state index >= 15 is 0 Å². The topological polar surface area (TPSA) is 69.7 Å². The van der Waals surface area contributed by atoms with Crippen LogP contribution in [-0.2, 0) is 20.8 Å². The highest BCUT2D eigenvalue weighted by Gasteiger charge is 2.34. The fourth-order valence-electron chi connectivity index (χ4n) is 3.30. The molecule has 6 heteroatoms. The van der Waals surface area contributed by atoms with E-state index in [2.05, 4.69) is 5.32 Å². The lowest BCUT2D eigenvalue weighted by Crippen LogP contribution is -2.53. The second kappa shape index (κ2) is 8.45. The molecule has 2 aliphatic rings. The maximum absolute atomic E-state index is 12.4. The van der Waals surface area contributed by atoms with Gasteiger partial charge in [-0.3, -0.25) is 19.3 Å². The summed E-state index contributed by atoms with van der Waals surface area (Å²) in [7, 11) is 0. The Labute approximate surface area is 154 Å². The number of amides is 2. The fourth-order valence-corrected chi connectivity index (χ4v) is 3.30. The van der Waals surface area contributed by atoms with Crippen LogP contribution < -0.4 is 5.32 Å². The fraction of sp³-hybridized carbons (Fsp3) is 0.550. The van der Waals surface area contributed by atoms with E-state index < -0.39 is 6.04 Å². The SMILES string of the molecule is CC(=O)C(Cc1ccccc1)NC(=O)CN1CCN(C(=O)C2CC2)CC1. The molecule has 0 spiro atoms. The van der Waals surface area contributed by atoms with Gasteiger partial charge in [0.05, 0.1) is 12.6 Å². The van der Waals surface area contributed by atoms with Crippen molar-refractivity contribution in [3.05, 3.63) is 35.9 Å². The number of carbonyl (C=O) groups excluding carboxylic acids is 3. The number of hydrogen-bond acceptors (Lipinski definition) is 4. The van der Waals surface area contributed by atoms with Crippen LogP contribution in [0.3, 0.4) is 0 Å². The minimum Gasteiger partial charge on any atom is -0.345 e. The molecule has 1 aromatic carbocycles. The molecule has 0 aromatic heterocycles. The van der Waals surface area contributed by atoms with Gasteiger partial charge in [0, 0.05) is 32.1 Å². The quantitative estimate of drug-likeness (QED) is 0.786. The van der Waals surface area contributed by atoms with Crippen LogP contribution in [0, 0.1) is 5.92 Å². The van der Waals surface area contributed by atoms with Crippen molar-refractivity contribution in [3.63, 3.8) is 0 Å². The molecule has 2 fully saturated rings. The second-order valence-electron chi connectivity index (χ2n) is 7.30. The van der Waals surface area contributed by atoms with E-state index in [0.29, 0.717) is 32.6 Å². The van der Waals surface area contributed by atoms with E-state index in [-0.39, 0.29) is 30.1 Å². The Bertz CT molecular complexity index is 650. The van der Waals surface area contributed by atoms with Gasteiger partial charge in [0.15, 0.2) is 5.78 Å². The summed E-state index contributed by atoms with van der Waals surface area (Å²) in [5, 5.41) is 2.86. The molecule has 2 amide bonds. The monoisotopic (exact) mass is 357 g/mol. The summed E-state index contributed by atoms with van der Waals surface area (Å²) in [6, 6.07) is 9.20. The van der Waals surface area contributed by atoms with Crippen LogP contribution in [0.4, 0.5) is 0 Å². The van der Waals surface area contributed by atoms with Gasteiger partial charge in [-0.2, -0.15) is 0 Å². The number of Topliss-reactive ketones (excluding diaryl/α,β-unsaturated/α-hetero) is 1. The lowest BCUT2D eigenvalue weighted by molar-refractivity contribution is -0.134. The van der Waals surface area contributed by atoms with Crippen molar-refractivity contribution in [2.24, 2.45) is 5.92 Å². The van der Waals surface area contributed by atoms with Crippen molar-refractivity contribution in [1.29, 1.82) is 0 Å². The smallest absolute Gasteiger partial charge is 0.234 e. The Morgan fingerprint density at radius 2 is 1.73 bits per heavy atom. The molecule has 1 heterocycles. The highest BCUT2D eigenvalue weighted by molar-refractivity contribution is 5.88. The molecule has 0 radical (unpaired) electrons. The standard InChI is InChI=1S/C20H27N3O3/c1-15(24)18(13-16-5-3-2-4-6-16)21-19(25)14-22-9-11-23(12-10-22)20(26)17-7-8-17/h2-6,17-18H,7-14H2,1H3,(H,21,25). The zero-order chi connectivity index (χ0) is 18.5. The summed E-state index contributed by atoms with van der Waals surface area (Å²) in [6.07, 6.45) is 2.55. The van der Waals surface area contributed by atoms with E-state index in [1.54, 1.807) is 0 Å². The number of ketones is 1. The highest BCUT2D eigenvalue weighted by Crippen LogP contribution is 2.31. The third-order valence-electron chi connectivity index (χ3n) is 5.09. The summed E-state index contributed by atoms with van der Waals surface area (Å²) < 4.78 is 0. The molecule has 1 saturated heterocycles. The molecule has 1 aromatic rings. The van der Waals surface area contributed by atoms with Gasteiger partial charge >= 0.3 is 0 Å². The Balaban J connectivity index is 1.45. The minimum absolute atomic E-state index is 0.0398. The van der Waals surface area contributed by atoms with Crippen LogP contribution in [0.5, 0.6) is 0 Å². The average Bonchev–Trinajstić information content (AvgIpc) is 3.47. The van der Waals surface area contributed by atoms with Crippen molar-refractivity contribution >= 4 is 17.6 Å². The average molecular weight is 357 g/mol. The molecule has 1 unspecified atom stereocenters. The van der Waals surface area contributed by atoms with Crippen LogP contribution in [0.1, 0.15) is 25.3 Å². The molecular formula is C20H27N3O3. The van der Waals surface area contributed by atoms with E-state index in [4.69, 9.17) is 0 Å². The molecule has 0 bridgehead atoms. The highest BCUT2D eigenvalue weighted by atomic mass is 16.2. The number of benzene rings is 1. The first-order valence-corrected chi connectivity index (χ1v) is 9.38. The molecule has 140 valence electrons. The second-order valence-corrected chi connectivity index (χ2v) is 7.30. The van der Waals surface area contributed by atoms with Crippen molar-refractivity contribution in [2.45, 2.75) is 32.2 Å². The summed E-state index contributed by atoms with van der Waals surface area (Å²) in [4.78, 5) is 40.3. The van der Waals surface area contributed by atoms with Crippen LogP contribution in [-0.4, -0.2) is 66.2 Å². The molecule has 1 N–H and O–H groups in total. The zero-order valence-electron chi connectivity index (χ0n) is 15.3. The molecule has 1 saturated carbocycles. The summed E-state index contributed by atoms with van der Waals surface area (Å²) >= 11 is 0. The van der Waals surface area contributed by atoms with Gasteiger partial charge in [-0.05, 0) is 31.7 Å². The Hall–Kier alpha value is -2.21. The summed E-state index contributed by atoms with van der Waals surface area (Å²) in [5.74, 6) is 0.345. The largest absolute Gasteiger partial charge is 0.345 e. The lowest BCUT2D eigenvalue weighted by Gasteiger charge is -2.34. The van der Waals surface area contributed by atoms with E-state index in [9.17, 15) is 14.4 Å². The normalized spacial score (nSPS) is 19.0. The van der Waals surface area contributed by atoms with E-state index in [1.165, 1.54) is 6.92 Å². The third-order valence-corrected chi connectivity index (χ3v) is 5.09. The van der Waals surface area contributed by atoms with Crippen molar-refractivity contribution in [3.8, 4) is 0 Å². The van der Waals surface area contributed by atoms with Crippen molar-refractivity contribution in [1.82, 2.24) is 15.1 Å². The lowest BCUT2D eigenvalue weighted by atomic mass is 10.0. The van der Waals surface area contributed by atoms with Gasteiger partial charge in [-0.1, -0.05) is 30.3 Å². The number of piperazine rings is 1. The Kier molecular flexibility index (Phi) is 6.04. The summed E-state index contributed by atoms with van der Waals surface area (Å²) in [6.45, 7) is 4.55. The summed E-state index contributed by atoms with van der Waals surface area (Å²) in [5.41, 5.74) is 1.03. The first-order chi connectivity index (χ1) is 12.5. The first kappa shape index (κ1) is 18.6. The number of nitrogens with zero attached hydrogens (tertiary/aromatic N) is 2. The number of nitrogens with one attached hydrogen (secondary N) is 1. The predicted molar refractivity (Wildman–Crippen MR) is 98.5 cm³/mol. The van der Waals surface area contributed by atoms with Gasteiger partial charge < -0.3 is 10.2 Å². The third kappa shape index (κ3) is 5.14. The molecule has 1 atom stereocenters. The maximum atomic E-state index is 12.4. The molecule has 1 aliphatic heterocycles. The van der Waals surface area contributed by atoms with Crippen LogP contribution >= 0.6 is 0 Å². The number of rotatable bonds is 7. The number of carbonyl (C=O) groups is 3. The molecule has 3 rings (SSSR count). The van der Waals surface area contributed by atoms with Crippen LogP contribution in [0.25, 0.3) is 0 Å². The predicted octanol–water partition coefficient (Wildman–Crippen LogP) is 0.857. The molecule has 1 aliphatic carbocycles.